The predicted molar refractivity (Wildman–Crippen MR) is 89.7 cm³/mol. The number of pyridine rings is 1. The van der Waals surface area contributed by atoms with Crippen LogP contribution in [0.3, 0.4) is 0 Å². The first-order chi connectivity index (χ1) is 12.7. The fraction of sp³-hybridized carbons (Fsp3) is 0.375. The molecule has 1 fully saturated rings. The van der Waals surface area contributed by atoms with Crippen LogP contribution in [0, 0.1) is 0 Å². The Morgan fingerprint density at radius 2 is 2.07 bits per heavy atom. The van der Waals surface area contributed by atoms with Crippen LogP contribution in [0.15, 0.2) is 30.6 Å². The quantitative estimate of drug-likeness (QED) is 0.876. The minimum atomic E-state index is -4.46. The Hall–Kier alpha value is -3.11. The Kier molecular flexibility index (Phi) is 5.02. The number of urea groups is 1. The van der Waals surface area contributed by atoms with E-state index in [1.807, 2.05) is 0 Å². The molecule has 144 valence electrons. The number of nitrogens with zero attached hydrogens (tertiary/aromatic N) is 5. The largest absolute Gasteiger partial charge is 0.406 e. The Balaban J connectivity index is 1.62. The number of rotatable bonds is 3. The van der Waals surface area contributed by atoms with E-state index >= 15 is 0 Å². The van der Waals surface area contributed by atoms with Crippen LogP contribution in [-0.2, 0) is 11.8 Å². The molecule has 1 aliphatic heterocycles. The van der Waals surface area contributed by atoms with Crippen molar-refractivity contribution in [2.75, 3.05) is 31.5 Å². The van der Waals surface area contributed by atoms with Gasteiger partial charge >= 0.3 is 12.2 Å². The maximum Gasteiger partial charge on any atom is 0.406 e. The molecule has 3 heterocycles. The molecule has 0 aliphatic carbocycles. The van der Waals surface area contributed by atoms with Crippen molar-refractivity contribution in [1.29, 1.82) is 0 Å². The third-order valence-electron chi connectivity index (χ3n) is 3.96. The number of amides is 3. The molecule has 8 nitrogen and oxygen atoms in total. The van der Waals surface area contributed by atoms with E-state index in [0.29, 0.717) is 10.6 Å². The molecule has 1 N–H and O–H groups in total. The third kappa shape index (κ3) is 4.74. The van der Waals surface area contributed by atoms with Crippen LogP contribution in [0.2, 0.25) is 0 Å². The lowest BCUT2D eigenvalue weighted by Gasteiger charge is -2.34. The molecular weight excluding hydrogens is 365 g/mol. The second-order valence-corrected chi connectivity index (χ2v) is 6.09. The van der Waals surface area contributed by atoms with Gasteiger partial charge in [0.2, 0.25) is 5.91 Å². The van der Waals surface area contributed by atoms with Gasteiger partial charge in [0.15, 0.2) is 0 Å². The van der Waals surface area contributed by atoms with Crippen LogP contribution in [0.5, 0.6) is 0 Å². The first-order valence-electron chi connectivity index (χ1n) is 8.08. The number of hydrogen-bond donors (Lipinski definition) is 1. The molecule has 0 saturated carbocycles. The maximum atomic E-state index is 12.4. The van der Waals surface area contributed by atoms with Crippen LogP contribution in [0.4, 0.5) is 23.8 Å². The lowest BCUT2D eigenvalue weighted by atomic mass is 10.2. The lowest BCUT2D eigenvalue weighted by Crippen LogP contribution is -2.55. The van der Waals surface area contributed by atoms with Crippen LogP contribution in [0.25, 0.3) is 11.3 Å². The molecule has 2 aromatic rings. The van der Waals surface area contributed by atoms with Gasteiger partial charge in [-0.3, -0.25) is 14.8 Å². The summed E-state index contributed by atoms with van der Waals surface area (Å²) in [4.78, 5) is 30.4. The summed E-state index contributed by atoms with van der Waals surface area (Å²) >= 11 is 0. The minimum absolute atomic E-state index is 0.00987. The van der Waals surface area contributed by atoms with E-state index in [-0.39, 0.29) is 18.9 Å². The van der Waals surface area contributed by atoms with Crippen LogP contribution in [-0.4, -0.2) is 68.9 Å². The summed E-state index contributed by atoms with van der Waals surface area (Å²) in [6, 6.07) is 4.45. The second-order valence-electron chi connectivity index (χ2n) is 6.09. The van der Waals surface area contributed by atoms with Crippen LogP contribution in [0.1, 0.15) is 0 Å². The van der Waals surface area contributed by atoms with Gasteiger partial charge in [0, 0.05) is 31.9 Å². The van der Waals surface area contributed by atoms with Crippen molar-refractivity contribution in [3.8, 4) is 11.3 Å². The van der Waals surface area contributed by atoms with Gasteiger partial charge in [0.05, 0.1) is 11.9 Å². The molecule has 1 aliphatic rings. The average Bonchev–Trinajstić information content (AvgIpc) is 3.02. The first kappa shape index (κ1) is 18.7. The zero-order valence-corrected chi connectivity index (χ0v) is 14.4. The van der Waals surface area contributed by atoms with Gasteiger partial charge in [-0.05, 0) is 12.1 Å². The fourth-order valence-electron chi connectivity index (χ4n) is 2.67. The number of anilines is 1. The molecular formula is C16H17F3N6O2. The number of aromatic nitrogens is 3. The highest BCUT2D eigenvalue weighted by Crippen LogP contribution is 2.20. The van der Waals surface area contributed by atoms with E-state index in [9.17, 15) is 22.8 Å². The average molecular weight is 382 g/mol. The molecule has 11 heteroatoms. The Bertz CT molecular complexity index is 851. The Morgan fingerprint density at radius 1 is 1.30 bits per heavy atom. The zero-order chi connectivity index (χ0) is 19.6. The predicted octanol–water partition coefficient (Wildman–Crippen LogP) is 1.72. The van der Waals surface area contributed by atoms with Crippen molar-refractivity contribution >= 4 is 17.8 Å². The van der Waals surface area contributed by atoms with E-state index in [4.69, 9.17) is 0 Å². The highest BCUT2D eigenvalue weighted by molar-refractivity contribution is 5.92. The number of nitrogens with one attached hydrogen (secondary N) is 1. The number of carbonyl (C=O) groups excluding carboxylic acids is 2. The fourth-order valence-corrected chi connectivity index (χ4v) is 2.67. The van der Waals surface area contributed by atoms with Gasteiger partial charge in [-0.25, -0.2) is 9.78 Å². The zero-order valence-electron chi connectivity index (χ0n) is 14.4. The summed E-state index contributed by atoms with van der Waals surface area (Å²) in [5, 5.41) is 6.62. The number of hydrogen-bond acceptors (Lipinski definition) is 4. The van der Waals surface area contributed by atoms with Gasteiger partial charge in [0.1, 0.15) is 18.9 Å². The van der Waals surface area contributed by atoms with Gasteiger partial charge in [-0.15, -0.1) is 0 Å². The monoisotopic (exact) mass is 382 g/mol. The van der Waals surface area contributed by atoms with Crippen LogP contribution < -0.4 is 5.32 Å². The molecule has 1 saturated heterocycles. The number of halogens is 3. The van der Waals surface area contributed by atoms with E-state index in [1.165, 1.54) is 0 Å². The highest BCUT2D eigenvalue weighted by atomic mass is 19.4. The third-order valence-corrected chi connectivity index (χ3v) is 3.96. The van der Waals surface area contributed by atoms with Crippen molar-refractivity contribution in [1.82, 2.24) is 24.6 Å². The molecule has 0 radical (unpaired) electrons. The Morgan fingerprint density at radius 3 is 2.70 bits per heavy atom. The molecule has 0 unspecified atom stereocenters. The smallest absolute Gasteiger partial charge is 0.330 e. The Labute approximate surface area is 152 Å². The highest BCUT2D eigenvalue weighted by Gasteiger charge is 2.36. The number of alkyl halides is 3. The van der Waals surface area contributed by atoms with Crippen molar-refractivity contribution in [2.24, 2.45) is 7.05 Å². The molecule has 0 aromatic carbocycles. The summed E-state index contributed by atoms with van der Waals surface area (Å²) in [7, 11) is 1.77. The van der Waals surface area contributed by atoms with Gasteiger partial charge in [0.25, 0.3) is 0 Å². The van der Waals surface area contributed by atoms with Crippen molar-refractivity contribution < 1.29 is 22.8 Å². The first-order valence-corrected chi connectivity index (χ1v) is 8.08. The minimum Gasteiger partial charge on any atom is -0.330 e. The summed E-state index contributed by atoms with van der Waals surface area (Å²) in [5.41, 5.74) is 1.37. The molecule has 0 atom stereocenters. The van der Waals surface area contributed by atoms with Crippen molar-refractivity contribution in [2.45, 2.75) is 6.18 Å². The summed E-state index contributed by atoms with van der Waals surface area (Å²) in [5.74, 6) is -0.475. The normalized spacial score (nSPS) is 15.2. The standard InChI is InChI=1S/C16H17F3N6O2/c1-23-8-11(7-20-23)12-3-2-4-13(21-12)22-15(27)24-5-6-25(14(26)9-24)10-16(17,18)19/h2-4,7-8H,5-6,9-10H2,1H3,(H,21,22,27). The SMILES string of the molecule is Cn1cc(-c2cccc(NC(=O)N3CCN(CC(F)(F)F)C(=O)C3)n2)cn1. The summed E-state index contributed by atoms with van der Waals surface area (Å²) < 4.78 is 38.9. The topological polar surface area (TPSA) is 83.4 Å². The van der Waals surface area contributed by atoms with Crippen molar-refractivity contribution in [3.05, 3.63) is 30.6 Å². The molecule has 0 spiro atoms. The van der Waals surface area contributed by atoms with E-state index in [0.717, 1.165) is 10.5 Å². The number of carbonyl (C=O) groups is 2. The molecule has 27 heavy (non-hydrogen) atoms. The molecule has 0 bridgehead atoms. The van der Waals surface area contributed by atoms with E-state index in [2.05, 4.69) is 15.4 Å². The van der Waals surface area contributed by atoms with Gasteiger partial charge < -0.3 is 9.80 Å². The number of piperazine rings is 1. The van der Waals surface area contributed by atoms with E-state index in [1.54, 1.807) is 42.3 Å². The molecule has 3 rings (SSSR count). The van der Waals surface area contributed by atoms with Crippen molar-refractivity contribution in [3.63, 3.8) is 0 Å². The maximum absolute atomic E-state index is 12.4. The van der Waals surface area contributed by atoms with Gasteiger partial charge in [-0.1, -0.05) is 6.07 Å². The number of aryl methyl sites for hydroxylation is 1. The summed E-state index contributed by atoms with van der Waals surface area (Å²) in [6.07, 6.45) is -1.06. The molecule has 3 amide bonds. The van der Waals surface area contributed by atoms with Crippen LogP contribution >= 0.6 is 0 Å². The van der Waals surface area contributed by atoms with E-state index < -0.39 is 31.2 Å². The molecule has 2 aromatic heterocycles. The summed E-state index contributed by atoms with van der Waals surface area (Å²) in [6.45, 7) is -1.88. The lowest BCUT2D eigenvalue weighted by molar-refractivity contribution is -0.164. The second kappa shape index (κ2) is 7.25. The van der Waals surface area contributed by atoms with Gasteiger partial charge in [-0.2, -0.15) is 18.3 Å².